The first-order valence-electron chi connectivity index (χ1n) is 9.02. The number of esters is 1. The smallest absolute Gasteiger partial charge is 0.323 e. The lowest BCUT2D eigenvalue weighted by atomic mass is 9.94. The molecule has 0 unspecified atom stereocenters. The molecular weight excluding hydrogens is 344 g/mol. The third-order valence-electron chi connectivity index (χ3n) is 4.63. The Morgan fingerprint density at radius 2 is 1.81 bits per heavy atom. The molecule has 1 amide bonds. The summed E-state index contributed by atoms with van der Waals surface area (Å²) in [4.78, 5) is 26.7. The topological polar surface area (TPSA) is 67.9 Å². The molecule has 2 aromatic rings. The van der Waals surface area contributed by atoms with Gasteiger partial charge in [0.25, 0.3) is 0 Å². The summed E-state index contributed by atoms with van der Waals surface area (Å²) in [7, 11) is 1.37. The number of nitrogens with zero attached hydrogens (tertiary/aromatic N) is 1. The summed E-state index contributed by atoms with van der Waals surface area (Å²) < 4.78 is 10.5. The fourth-order valence-corrected chi connectivity index (χ4v) is 3.34. The normalized spacial score (nSPS) is 16.3. The van der Waals surface area contributed by atoms with Crippen molar-refractivity contribution in [3.05, 3.63) is 59.7 Å². The number of fused-ring (bicyclic) bond motifs is 1. The van der Waals surface area contributed by atoms with E-state index in [1.165, 1.54) is 7.11 Å². The molecule has 1 atom stereocenters. The second-order valence-electron chi connectivity index (χ2n) is 6.39. The summed E-state index contributed by atoms with van der Waals surface area (Å²) in [6.45, 7) is 3.02. The van der Waals surface area contributed by atoms with Crippen molar-refractivity contribution in [1.82, 2.24) is 4.90 Å². The van der Waals surface area contributed by atoms with Crippen LogP contribution < -0.4 is 10.1 Å². The van der Waals surface area contributed by atoms with Crippen LogP contribution in [-0.4, -0.2) is 43.1 Å². The van der Waals surface area contributed by atoms with Gasteiger partial charge in [-0.2, -0.15) is 0 Å². The van der Waals surface area contributed by atoms with E-state index in [0.717, 1.165) is 11.1 Å². The zero-order valence-electron chi connectivity index (χ0n) is 15.6. The molecule has 0 saturated heterocycles. The summed E-state index contributed by atoms with van der Waals surface area (Å²) in [6.07, 6.45) is 0.533. The highest BCUT2D eigenvalue weighted by atomic mass is 16.5. The zero-order valence-corrected chi connectivity index (χ0v) is 15.6. The number of carbonyl (C=O) groups excluding carboxylic acids is 2. The Labute approximate surface area is 159 Å². The lowest BCUT2D eigenvalue weighted by Crippen LogP contribution is -2.49. The molecule has 2 aromatic carbocycles. The lowest BCUT2D eigenvalue weighted by molar-refractivity contribution is -0.148. The van der Waals surface area contributed by atoms with Gasteiger partial charge in [0.1, 0.15) is 11.8 Å². The number of carbonyl (C=O) groups is 2. The van der Waals surface area contributed by atoms with Crippen molar-refractivity contribution < 1.29 is 19.1 Å². The summed E-state index contributed by atoms with van der Waals surface area (Å²) in [5.41, 5.74) is 2.86. The van der Waals surface area contributed by atoms with Crippen LogP contribution in [0.4, 0.5) is 5.69 Å². The molecule has 142 valence electrons. The van der Waals surface area contributed by atoms with Gasteiger partial charge < -0.3 is 14.8 Å². The molecule has 6 nitrogen and oxygen atoms in total. The maximum absolute atomic E-state index is 12.6. The van der Waals surface area contributed by atoms with Gasteiger partial charge in [0.2, 0.25) is 5.91 Å². The van der Waals surface area contributed by atoms with Crippen LogP contribution in [0.5, 0.6) is 5.75 Å². The van der Waals surface area contributed by atoms with Crippen LogP contribution in [0.1, 0.15) is 18.1 Å². The van der Waals surface area contributed by atoms with E-state index in [-0.39, 0.29) is 18.4 Å². The molecule has 0 saturated carbocycles. The molecule has 0 aliphatic carbocycles. The fraction of sp³-hybridized carbons (Fsp3) is 0.333. The first-order valence-corrected chi connectivity index (χ1v) is 9.02. The Bertz CT molecular complexity index is 821. The van der Waals surface area contributed by atoms with Gasteiger partial charge in [-0.3, -0.25) is 14.5 Å². The first kappa shape index (κ1) is 18.9. The number of ether oxygens (including phenoxy) is 2. The molecule has 0 spiro atoms. The number of amides is 1. The highest BCUT2D eigenvalue weighted by Gasteiger charge is 2.33. The predicted octanol–water partition coefficient (Wildman–Crippen LogP) is 2.62. The maximum atomic E-state index is 12.6. The van der Waals surface area contributed by atoms with Crippen LogP contribution in [0.15, 0.2) is 48.5 Å². The molecule has 0 radical (unpaired) electrons. The molecular formula is C21H24N2O4. The van der Waals surface area contributed by atoms with Crippen LogP contribution in [0.3, 0.4) is 0 Å². The van der Waals surface area contributed by atoms with Gasteiger partial charge in [-0.25, -0.2) is 0 Å². The van der Waals surface area contributed by atoms with Crippen molar-refractivity contribution in [2.75, 3.05) is 25.6 Å². The summed E-state index contributed by atoms with van der Waals surface area (Å²) in [5, 5.41) is 2.89. The Kier molecular flexibility index (Phi) is 6.08. The second kappa shape index (κ2) is 8.68. The largest absolute Gasteiger partial charge is 0.492 e. The van der Waals surface area contributed by atoms with Crippen LogP contribution in [0, 0.1) is 0 Å². The molecule has 3 rings (SSSR count). The van der Waals surface area contributed by atoms with E-state index in [1.54, 1.807) is 6.07 Å². The van der Waals surface area contributed by atoms with Crippen molar-refractivity contribution in [1.29, 1.82) is 0 Å². The monoisotopic (exact) mass is 368 g/mol. The average Bonchev–Trinajstić information content (AvgIpc) is 2.68. The minimum Gasteiger partial charge on any atom is -0.492 e. The maximum Gasteiger partial charge on any atom is 0.323 e. The summed E-state index contributed by atoms with van der Waals surface area (Å²) in [6, 6.07) is 14.8. The molecule has 1 aliphatic heterocycles. The van der Waals surface area contributed by atoms with Crippen LogP contribution in [-0.2, 0) is 27.3 Å². The molecule has 0 bridgehead atoms. The molecule has 6 heteroatoms. The highest BCUT2D eigenvalue weighted by Crippen LogP contribution is 2.26. The third-order valence-corrected chi connectivity index (χ3v) is 4.63. The van der Waals surface area contributed by atoms with Crippen molar-refractivity contribution in [3.63, 3.8) is 0 Å². The minimum atomic E-state index is -0.474. The second-order valence-corrected chi connectivity index (χ2v) is 6.39. The Morgan fingerprint density at radius 1 is 1.11 bits per heavy atom. The zero-order chi connectivity index (χ0) is 19.2. The molecule has 27 heavy (non-hydrogen) atoms. The number of rotatable bonds is 6. The molecule has 0 aromatic heterocycles. The minimum absolute atomic E-state index is 0.0918. The van der Waals surface area contributed by atoms with Crippen molar-refractivity contribution in [2.24, 2.45) is 0 Å². The summed E-state index contributed by atoms with van der Waals surface area (Å²) in [5.74, 6) is 0.101. The molecule has 0 fully saturated rings. The Hall–Kier alpha value is -2.86. The molecule has 1 aliphatic rings. The average molecular weight is 368 g/mol. The van der Waals surface area contributed by atoms with Gasteiger partial charge in [-0.1, -0.05) is 36.4 Å². The van der Waals surface area contributed by atoms with Gasteiger partial charge in [0.15, 0.2) is 0 Å². The summed E-state index contributed by atoms with van der Waals surface area (Å²) >= 11 is 0. The van der Waals surface area contributed by atoms with E-state index in [9.17, 15) is 9.59 Å². The Morgan fingerprint density at radius 3 is 2.56 bits per heavy atom. The van der Waals surface area contributed by atoms with Gasteiger partial charge in [-0.05, 0) is 36.6 Å². The van der Waals surface area contributed by atoms with E-state index < -0.39 is 6.04 Å². The number of hydrogen-bond donors (Lipinski definition) is 1. The SMILES string of the molecule is CCOc1ccccc1NC(=O)CN1Cc2ccccc2C[C@H]1C(=O)OC. The Balaban J connectivity index is 1.74. The van der Waals surface area contributed by atoms with Crippen molar-refractivity contribution in [3.8, 4) is 5.75 Å². The number of hydrogen-bond acceptors (Lipinski definition) is 5. The van der Waals surface area contributed by atoms with Crippen LogP contribution in [0.2, 0.25) is 0 Å². The van der Waals surface area contributed by atoms with Gasteiger partial charge in [-0.15, -0.1) is 0 Å². The molecule has 1 N–H and O–H groups in total. The number of methoxy groups -OCH3 is 1. The van der Waals surface area contributed by atoms with Crippen LogP contribution in [0.25, 0.3) is 0 Å². The van der Waals surface area contributed by atoms with Gasteiger partial charge >= 0.3 is 5.97 Å². The van der Waals surface area contributed by atoms with E-state index in [2.05, 4.69) is 5.32 Å². The van der Waals surface area contributed by atoms with Gasteiger partial charge in [0, 0.05) is 6.54 Å². The number of para-hydroxylation sites is 2. The van der Waals surface area contributed by atoms with E-state index in [1.807, 2.05) is 54.3 Å². The third kappa shape index (κ3) is 4.46. The number of anilines is 1. The number of benzene rings is 2. The first-order chi connectivity index (χ1) is 13.1. The molecule has 1 heterocycles. The fourth-order valence-electron chi connectivity index (χ4n) is 3.34. The van der Waals surface area contributed by atoms with E-state index in [0.29, 0.717) is 31.0 Å². The quantitative estimate of drug-likeness (QED) is 0.794. The van der Waals surface area contributed by atoms with E-state index in [4.69, 9.17) is 9.47 Å². The standard InChI is InChI=1S/C21H24N2O4/c1-3-27-19-11-7-6-10-17(19)22-20(24)14-23-13-16-9-5-4-8-15(16)12-18(23)21(25)26-2/h4-11,18H,3,12-14H2,1-2H3,(H,22,24)/t18-/m0/s1. The van der Waals surface area contributed by atoms with Crippen molar-refractivity contribution >= 4 is 17.6 Å². The highest BCUT2D eigenvalue weighted by molar-refractivity contribution is 5.94. The predicted molar refractivity (Wildman–Crippen MR) is 103 cm³/mol. The van der Waals surface area contributed by atoms with Gasteiger partial charge in [0.05, 0.1) is 25.9 Å². The van der Waals surface area contributed by atoms with Crippen LogP contribution >= 0.6 is 0 Å². The van der Waals surface area contributed by atoms with E-state index >= 15 is 0 Å². The number of nitrogens with one attached hydrogen (secondary N) is 1. The van der Waals surface area contributed by atoms with Crippen molar-refractivity contribution in [2.45, 2.75) is 25.9 Å². The lowest BCUT2D eigenvalue weighted by Gasteiger charge is -2.34.